The number of ether oxygens (including phenoxy) is 1. The third kappa shape index (κ3) is 5.11. The van der Waals surface area contributed by atoms with Gasteiger partial charge >= 0.3 is 0 Å². The fourth-order valence-corrected chi connectivity index (χ4v) is 3.51. The van der Waals surface area contributed by atoms with E-state index in [0.29, 0.717) is 42.6 Å². The van der Waals surface area contributed by atoms with Crippen molar-refractivity contribution in [2.45, 2.75) is 0 Å². The zero-order chi connectivity index (χ0) is 19.3. The molecule has 0 saturated carbocycles. The predicted octanol–water partition coefficient (Wildman–Crippen LogP) is 1.27. The lowest BCUT2D eigenvalue weighted by Gasteiger charge is -2.32. The number of nitrogens with zero attached hydrogens (tertiary/aromatic N) is 3. The van der Waals surface area contributed by atoms with Gasteiger partial charge in [0.15, 0.2) is 0 Å². The van der Waals surface area contributed by atoms with E-state index in [0.717, 1.165) is 6.26 Å². The van der Waals surface area contributed by atoms with Crippen LogP contribution in [0.4, 0.5) is 5.69 Å². The Balaban J connectivity index is 2.04. The van der Waals surface area contributed by atoms with Crippen molar-refractivity contribution in [3.05, 3.63) is 35.0 Å². The Bertz CT molecular complexity index is 855. The van der Waals surface area contributed by atoms with Crippen molar-refractivity contribution in [2.75, 3.05) is 44.9 Å². The number of sulfonamides is 1. The Morgan fingerprint density at radius 2 is 2.00 bits per heavy atom. The van der Waals surface area contributed by atoms with Gasteiger partial charge in [0.25, 0.3) is 5.91 Å². The first-order chi connectivity index (χ1) is 12.2. The largest absolute Gasteiger partial charge is 0.495 e. The van der Waals surface area contributed by atoms with E-state index in [9.17, 15) is 18.5 Å². The van der Waals surface area contributed by atoms with E-state index >= 15 is 0 Å². The topological polar surface area (TPSA) is 103 Å². The summed E-state index contributed by atoms with van der Waals surface area (Å²) in [7, 11) is -1.75. The molecule has 1 fully saturated rings. The third-order valence-corrected chi connectivity index (χ3v) is 5.43. The first kappa shape index (κ1) is 20.0. The minimum Gasteiger partial charge on any atom is -0.495 e. The average molecular weight is 399 g/mol. The molecule has 0 aromatic heterocycles. The smallest absolute Gasteiger partial charge is 0.267 e. The second kappa shape index (κ2) is 8.40. The van der Waals surface area contributed by atoms with Crippen LogP contribution in [-0.4, -0.2) is 63.1 Å². The number of hydrogen-bond acceptors (Lipinski definition) is 6. The molecule has 1 saturated heterocycles. The number of rotatable bonds is 5. The van der Waals surface area contributed by atoms with Crippen LogP contribution < -0.4 is 10.1 Å². The van der Waals surface area contributed by atoms with E-state index in [2.05, 4.69) is 5.32 Å². The normalized spacial score (nSPS) is 16.1. The van der Waals surface area contributed by atoms with Crippen molar-refractivity contribution in [1.29, 1.82) is 5.26 Å². The van der Waals surface area contributed by atoms with Crippen LogP contribution in [0, 0.1) is 11.3 Å². The number of nitrogens with one attached hydrogen (secondary N) is 1. The fraction of sp³-hybridized carbons (Fsp3) is 0.375. The summed E-state index contributed by atoms with van der Waals surface area (Å²) in [6.45, 7) is 1.42. The second-order valence-corrected chi connectivity index (χ2v) is 8.05. The Morgan fingerprint density at radius 1 is 1.35 bits per heavy atom. The molecule has 1 heterocycles. The van der Waals surface area contributed by atoms with Crippen LogP contribution in [0.5, 0.6) is 5.75 Å². The van der Waals surface area contributed by atoms with Gasteiger partial charge in [-0.15, -0.1) is 0 Å². The molecule has 1 aromatic carbocycles. The van der Waals surface area contributed by atoms with Gasteiger partial charge in [-0.25, -0.2) is 8.42 Å². The summed E-state index contributed by atoms with van der Waals surface area (Å²) in [4.78, 5) is 14.0. The molecule has 140 valence electrons. The standard InChI is InChI=1S/C16H19ClN4O4S/c1-25-15-4-3-13(9-14(15)17)19-16(22)12(10-18)11-20-5-7-21(8-6-20)26(2,23)24/h3-4,9,11H,5-8H2,1-2H3,(H,19,22)/b12-11-. The number of halogens is 1. The summed E-state index contributed by atoms with van der Waals surface area (Å²) < 4.78 is 29.4. The van der Waals surface area contributed by atoms with Crippen LogP contribution in [0.15, 0.2) is 30.0 Å². The maximum atomic E-state index is 12.3. The zero-order valence-corrected chi connectivity index (χ0v) is 16.0. The molecule has 0 radical (unpaired) electrons. The molecular formula is C16H19ClN4O4S. The van der Waals surface area contributed by atoms with Crippen molar-refractivity contribution in [3.63, 3.8) is 0 Å². The van der Waals surface area contributed by atoms with Gasteiger partial charge in [-0.3, -0.25) is 4.79 Å². The van der Waals surface area contributed by atoms with Gasteiger partial charge in [0.2, 0.25) is 10.0 Å². The maximum Gasteiger partial charge on any atom is 0.267 e. The quantitative estimate of drug-likeness (QED) is 0.592. The molecule has 1 N–H and O–H groups in total. The molecule has 8 nitrogen and oxygen atoms in total. The number of methoxy groups -OCH3 is 1. The highest BCUT2D eigenvalue weighted by Crippen LogP contribution is 2.27. The van der Waals surface area contributed by atoms with Gasteiger partial charge in [-0.1, -0.05) is 11.6 Å². The van der Waals surface area contributed by atoms with Crippen LogP contribution in [0.3, 0.4) is 0 Å². The lowest BCUT2D eigenvalue weighted by molar-refractivity contribution is -0.112. The van der Waals surface area contributed by atoms with Crippen molar-refractivity contribution in [3.8, 4) is 11.8 Å². The van der Waals surface area contributed by atoms with E-state index in [4.69, 9.17) is 16.3 Å². The number of hydrogen-bond donors (Lipinski definition) is 1. The lowest BCUT2D eigenvalue weighted by atomic mass is 10.2. The van der Waals surface area contributed by atoms with Gasteiger partial charge < -0.3 is 15.0 Å². The number of anilines is 1. The molecule has 0 atom stereocenters. The molecule has 1 aliphatic heterocycles. The summed E-state index contributed by atoms with van der Waals surface area (Å²) in [6, 6.07) is 6.61. The fourth-order valence-electron chi connectivity index (χ4n) is 2.43. The Hall–Kier alpha value is -2.28. The molecule has 26 heavy (non-hydrogen) atoms. The molecule has 0 unspecified atom stereocenters. The number of benzene rings is 1. The van der Waals surface area contributed by atoms with Gasteiger partial charge in [0, 0.05) is 38.1 Å². The number of carbonyl (C=O) groups is 1. The zero-order valence-electron chi connectivity index (χ0n) is 14.4. The molecule has 0 bridgehead atoms. The number of piperazine rings is 1. The summed E-state index contributed by atoms with van der Waals surface area (Å²) in [6.07, 6.45) is 2.60. The van der Waals surface area contributed by atoms with Crippen LogP contribution in [0.1, 0.15) is 0 Å². The highest BCUT2D eigenvalue weighted by atomic mass is 35.5. The SMILES string of the molecule is COc1ccc(NC(=O)/C(C#N)=C\N2CCN(S(C)(=O)=O)CC2)cc1Cl. The Kier molecular flexibility index (Phi) is 6.47. The molecule has 0 aliphatic carbocycles. The molecular weight excluding hydrogens is 380 g/mol. The van der Waals surface area contributed by atoms with Crippen molar-refractivity contribution in [2.24, 2.45) is 0 Å². The van der Waals surface area contributed by atoms with Gasteiger partial charge in [-0.05, 0) is 18.2 Å². The van der Waals surface area contributed by atoms with E-state index in [1.807, 2.05) is 6.07 Å². The Labute approximate surface area is 157 Å². The van der Waals surface area contributed by atoms with Gasteiger partial charge in [-0.2, -0.15) is 9.57 Å². The molecule has 10 heteroatoms. The number of nitriles is 1. The number of amides is 1. The van der Waals surface area contributed by atoms with Crippen molar-refractivity contribution in [1.82, 2.24) is 9.21 Å². The molecule has 0 spiro atoms. The second-order valence-electron chi connectivity index (χ2n) is 5.66. The highest BCUT2D eigenvalue weighted by Gasteiger charge is 2.23. The van der Waals surface area contributed by atoms with E-state index < -0.39 is 15.9 Å². The van der Waals surface area contributed by atoms with E-state index in [-0.39, 0.29) is 5.57 Å². The summed E-state index contributed by atoms with van der Waals surface area (Å²) >= 11 is 6.01. The predicted molar refractivity (Wildman–Crippen MR) is 98.3 cm³/mol. The first-order valence-corrected chi connectivity index (χ1v) is 9.93. The maximum absolute atomic E-state index is 12.3. The molecule has 1 aromatic rings. The average Bonchev–Trinajstić information content (AvgIpc) is 2.59. The van der Waals surface area contributed by atoms with Crippen molar-refractivity contribution < 1.29 is 17.9 Å². The monoisotopic (exact) mass is 398 g/mol. The van der Waals surface area contributed by atoms with E-state index in [1.165, 1.54) is 23.7 Å². The van der Waals surface area contributed by atoms with Gasteiger partial charge in [0.05, 0.1) is 18.4 Å². The minimum atomic E-state index is -3.23. The minimum absolute atomic E-state index is 0.0789. The number of carbonyl (C=O) groups excluding carboxylic acids is 1. The highest BCUT2D eigenvalue weighted by molar-refractivity contribution is 7.88. The first-order valence-electron chi connectivity index (χ1n) is 7.70. The third-order valence-electron chi connectivity index (χ3n) is 3.83. The summed E-state index contributed by atoms with van der Waals surface area (Å²) in [5.74, 6) is -0.0938. The van der Waals surface area contributed by atoms with Crippen molar-refractivity contribution >= 4 is 33.2 Å². The van der Waals surface area contributed by atoms with Crippen LogP contribution in [0.25, 0.3) is 0 Å². The van der Waals surface area contributed by atoms with Crippen LogP contribution >= 0.6 is 11.6 Å². The molecule has 2 rings (SSSR count). The Morgan fingerprint density at radius 3 is 2.50 bits per heavy atom. The molecule has 1 amide bonds. The lowest BCUT2D eigenvalue weighted by Crippen LogP contribution is -2.46. The van der Waals surface area contributed by atoms with E-state index in [1.54, 1.807) is 17.0 Å². The summed E-state index contributed by atoms with van der Waals surface area (Å²) in [5, 5.41) is 12.2. The molecule has 1 aliphatic rings. The van der Waals surface area contributed by atoms with Crippen LogP contribution in [-0.2, 0) is 14.8 Å². The van der Waals surface area contributed by atoms with Crippen LogP contribution in [0.2, 0.25) is 5.02 Å². The van der Waals surface area contributed by atoms with Gasteiger partial charge in [0.1, 0.15) is 17.4 Å². The summed E-state index contributed by atoms with van der Waals surface area (Å²) in [5.41, 5.74) is 0.355.